The van der Waals surface area contributed by atoms with E-state index in [9.17, 15) is 17.6 Å². The lowest BCUT2D eigenvalue weighted by Crippen LogP contribution is -2.37. The predicted octanol–water partition coefficient (Wildman–Crippen LogP) is 2.38. The van der Waals surface area contributed by atoms with Gasteiger partial charge >= 0.3 is 5.97 Å². The summed E-state index contributed by atoms with van der Waals surface area (Å²) in [6, 6.07) is 2.56. The number of halogens is 1. The molecule has 0 amide bonds. The number of hydrogen-bond donors (Lipinski definition) is 2. The summed E-state index contributed by atoms with van der Waals surface area (Å²) in [5.74, 6) is -2.15. The third-order valence-electron chi connectivity index (χ3n) is 3.93. The van der Waals surface area contributed by atoms with Gasteiger partial charge in [-0.25, -0.2) is 22.3 Å². The van der Waals surface area contributed by atoms with E-state index in [2.05, 4.69) is 4.72 Å². The smallest absolute Gasteiger partial charge is 0.338 e. The molecule has 2 N–H and O–H groups in total. The van der Waals surface area contributed by atoms with E-state index >= 15 is 0 Å². The maximum absolute atomic E-state index is 13.3. The molecule has 0 spiro atoms. The standard InChI is InChI=1S/C14H18FNO4S/c1-9(10-4-2-3-5-10)16-21(19,20)11-6-7-13(15)12(8-11)14(17)18/h6-10,16H,2-5H2,1H3,(H,17,18). The van der Waals surface area contributed by atoms with Crippen LogP contribution in [0.2, 0.25) is 0 Å². The Hall–Kier alpha value is -1.47. The number of carboxylic acid groups (broad SMARTS) is 1. The minimum atomic E-state index is -3.85. The lowest BCUT2D eigenvalue weighted by molar-refractivity contribution is 0.0691. The monoisotopic (exact) mass is 315 g/mol. The van der Waals surface area contributed by atoms with Gasteiger partial charge in [0.15, 0.2) is 0 Å². The van der Waals surface area contributed by atoms with Crippen molar-refractivity contribution < 1.29 is 22.7 Å². The van der Waals surface area contributed by atoms with E-state index in [1.165, 1.54) is 0 Å². The molecule has 1 fully saturated rings. The molecule has 1 aliphatic carbocycles. The Labute approximate surface area is 123 Å². The largest absolute Gasteiger partial charge is 0.478 e. The van der Waals surface area contributed by atoms with E-state index in [1.54, 1.807) is 6.92 Å². The van der Waals surface area contributed by atoms with Gasteiger partial charge < -0.3 is 5.11 Å². The molecule has 1 aliphatic rings. The molecule has 0 heterocycles. The van der Waals surface area contributed by atoms with Crippen molar-refractivity contribution in [1.29, 1.82) is 0 Å². The first-order valence-electron chi connectivity index (χ1n) is 6.86. The highest BCUT2D eigenvalue weighted by Gasteiger charge is 2.27. The van der Waals surface area contributed by atoms with Gasteiger partial charge in [-0.05, 0) is 43.9 Å². The molecule has 5 nitrogen and oxygen atoms in total. The number of carboxylic acids is 1. The third kappa shape index (κ3) is 3.59. The van der Waals surface area contributed by atoms with Crippen LogP contribution in [-0.2, 0) is 10.0 Å². The highest BCUT2D eigenvalue weighted by molar-refractivity contribution is 7.89. The third-order valence-corrected chi connectivity index (χ3v) is 5.48. The van der Waals surface area contributed by atoms with E-state index < -0.39 is 27.4 Å². The van der Waals surface area contributed by atoms with Gasteiger partial charge in [0, 0.05) is 6.04 Å². The SMILES string of the molecule is CC(NS(=O)(=O)c1ccc(F)c(C(=O)O)c1)C1CCCC1. The highest BCUT2D eigenvalue weighted by Crippen LogP contribution is 2.28. The quantitative estimate of drug-likeness (QED) is 0.874. The molecule has 0 aromatic heterocycles. The fourth-order valence-electron chi connectivity index (χ4n) is 2.70. The van der Waals surface area contributed by atoms with Gasteiger partial charge in [-0.2, -0.15) is 0 Å². The summed E-state index contributed by atoms with van der Waals surface area (Å²) in [5.41, 5.74) is -0.647. The molecule has 2 rings (SSSR count). The van der Waals surface area contributed by atoms with Gasteiger partial charge in [0.25, 0.3) is 0 Å². The van der Waals surface area contributed by atoms with Gasteiger partial charge in [0.1, 0.15) is 5.82 Å². The second kappa shape index (κ2) is 6.11. The Morgan fingerprint density at radius 1 is 1.38 bits per heavy atom. The fraction of sp³-hybridized carbons (Fsp3) is 0.500. The van der Waals surface area contributed by atoms with E-state index in [4.69, 9.17) is 5.11 Å². The zero-order chi connectivity index (χ0) is 15.6. The van der Waals surface area contributed by atoms with Crippen molar-refractivity contribution in [2.45, 2.75) is 43.5 Å². The van der Waals surface area contributed by atoms with Crippen LogP contribution < -0.4 is 4.72 Å². The number of aromatic carboxylic acids is 1. The van der Waals surface area contributed by atoms with Gasteiger partial charge in [-0.3, -0.25) is 0 Å². The summed E-state index contributed by atoms with van der Waals surface area (Å²) < 4.78 is 40.4. The van der Waals surface area contributed by atoms with Crippen LogP contribution in [-0.4, -0.2) is 25.5 Å². The summed E-state index contributed by atoms with van der Waals surface area (Å²) in [4.78, 5) is 10.6. The summed E-state index contributed by atoms with van der Waals surface area (Å²) in [6.07, 6.45) is 4.15. The predicted molar refractivity (Wildman–Crippen MR) is 75.1 cm³/mol. The number of rotatable bonds is 5. The molecule has 0 saturated heterocycles. The molecule has 1 aromatic carbocycles. The first-order chi connectivity index (χ1) is 9.81. The summed E-state index contributed by atoms with van der Waals surface area (Å²) in [5, 5.41) is 8.86. The Kier molecular flexibility index (Phi) is 4.63. The molecule has 0 bridgehead atoms. The molecule has 1 saturated carbocycles. The topological polar surface area (TPSA) is 83.5 Å². The lowest BCUT2D eigenvalue weighted by Gasteiger charge is -2.20. The number of sulfonamides is 1. The lowest BCUT2D eigenvalue weighted by atomic mass is 10.0. The van der Waals surface area contributed by atoms with Crippen molar-refractivity contribution in [3.63, 3.8) is 0 Å². The van der Waals surface area contributed by atoms with Crippen LogP contribution in [0.1, 0.15) is 43.0 Å². The van der Waals surface area contributed by atoms with Crippen molar-refractivity contribution in [2.24, 2.45) is 5.92 Å². The number of benzene rings is 1. The van der Waals surface area contributed by atoms with Crippen LogP contribution in [0.25, 0.3) is 0 Å². The number of carbonyl (C=O) groups is 1. The molecule has 0 aliphatic heterocycles. The summed E-state index contributed by atoms with van der Waals surface area (Å²) in [6.45, 7) is 1.80. The maximum Gasteiger partial charge on any atom is 0.338 e. The van der Waals surface area contributed by atoms with E-state index in [-0.39, 0.29) is 10.9 Å². The normalized spacial score (nSPS) is 17.8. The molecule has 21 heavy (non-hydrogen) atoms. The van der Waals surface area contributed by atoms with Crippen LogP contribution in [0, 0.1) is 11.7 Å². The molecule has 116 valence electrons. The van der Waals surface area contributed by atoms with Gasteiger partial charge in [-0.15, -0.1) is 0 Å². The van der Waals surface area contributed by atoms with Crippen LogP contribution in [0.5, 0.6) is 0 Å². The molecule has 1 unspecified atom stereocenters. The zero-order valence-corrected chi connectivity index (χ0v) is 12.5. The first-order valence-corrected chi connectivity index (χ1v) is 8.35. The van der Waals surface area contributed by atoms with Crippen molar-refractivity contribution in [3.05, 3.63) is 29.6 Å². The summed E-state index contributed by atoms with van der Waals surface area (Å²) >= 11 is 0. The van der Waals surface area contributed by atoms with Crippen LogP contribution in [0.15, 0.2) is 23.1 Å². The fourth-order valence-corrected chi connectivity index (χ4v) is 4.04. The molecule has 1 aromatic rings. The van der Waals surface area contributed by atoms with Crippen molar-refractivity contribution >= 4 is 16.0 Å². The van der Waals surface area contributed by atoms with Crippen molar-refractivity contribution in [1.82, 2.24) is 4.72 Å². The van der Waals surface area contributed by atoms with Crippen LogP contribution >= 0.6 is 0 Å². The second-order valence-electron chi connectivity index (χ2n) is 5.40. The molecule has 1 atom stereocenters. The van der Waals surface area contributed by atoms with E-state index in [0.29, 0.717) is 5.92 Å². The Morgan fingerprint density at radius 2 is 2.00 bits per heavy atom. The van der Waals surface area contributed by atoms with Crippen LogP contribution in [0.4, 0.5) is 4.39 Å². The number of hydrogen-bond acceptors (Lipinski definition) is 3. The first kappa shape index (κ1) is 15.9. The minimum absolute atomic E-state index is 0.226. The van der Waals surface area contributed by atoms with E-state index in [0.717, 1.165) is 43.9 Å². The molecule has 7 heteroatoms. The zero-order valence-electron chi connectivity index (χ0n) is 11.7. The average Bonchev–Trinajstić information content (AvgIpc) is 2.92. The van der Waals surface area contributed by atoms with E-state index in [1.807, 2.05) is 0 Å². The Morgan fingerprint density at radius 3 is 2.57 bits per heavy atom. The minimum Gasteiger partial charge on any atom is -0.478 e. The Bertz CT molecular complexity index is 638. The second-order valence-corrected chi connectivity index (χ2v) is 7.12. The molecular weight excluding hydrogens is 297 g/mol. The maximum atomic E-state index is 13.3. The van der Waals surface area contributed by atoms with Gasteiger partial charge in [0.05, 0.1) is 10.5 Å². The van der Waals surface area contributed by atoms with Gasteiger partial charge in [-0.1, -0.05) is 12.8 Å². The Balaban J connectivity index is 2.23. The molecular formula is C14H18FNO4S. The highest BCUT2D eigenvalue weighted by atomic mass is 32.2. The van der Waals surface area contributed by atoms with Crippen molar-refractivity contribution in [2.75, 3.05) is 0 Å². The molecule has 0 radical (unpaired) electrons. The summed E-state index contributed by atoms with van der Waals surface area (Å²) in [7, 11) is -3.85. The van der Waals surface area contributed by atoms with Gasteiger partial charge in [0.2, 0.25) is 10.0 Å². The average molecular weight is 315 g/mol. The number of nitrogens with one attached hydrogen (secondary N) is 1. The van der Waals surface area contributed by atoms with Crippen molar-refractivity contribution in [3.8, 4) is 0 Å². The van der Waals surface area contributed by atoms with Crippen LogP contribution in [0.3, 0.4) is 0 Å².